The van der Waals surface area contributed by atoms with E-state index in [9.17, 15) is 4.79 Å². The Morgan fingerprint density at radius 2 is 1.96 bits per heavy atom. The zero-order valence-corrected chi connectivity index (χ0v) is 14.4. The fourth-order valence-electron chi connectivity index (χ4n) is 2.29. The summed E-state index contributed by atoms with van der Waals surface area (Å²) in [6.45, 7) is 2.43. The number of nitrogens with zero attached hydrogens (tertiary/aromatic N) is 2. The van der Waals surface area contributed by atoms with E-state index in [2.05, 4.69) is 20.6 Å². The average molecular weight is 353 g/mol. The fraction of sp³-hybridized carbons (Fsp3) is 0.105. The lowest BCUT2D eigenvalue weighted by Gasteiger charge is -2.10. The second kappa shape index (κ2) is 7.77. The van der Waals surface area contributed by atoms with Crippen molar-refractivity contribution >= 4 is 28.9 Å². The van der Waals surface area contributed by atoms with Crippen LogP contribution in [0, 0.1) is 6.92 Å². The molecule has 0 aliphatic carbocycles. The van der Waals surface area contributed by atoms with E-state index in [1.165, 1.54) is 0 Å². The Bertz CT molecular complexity index is 884. The highest BCUT2D eigenvalue weighted by molar-refractivity contribution is 6.31. The van der Waals surface area contributed by atoms with Crippen molar-refractivity contribution in [1.82, 2.24) is 9.97 Å². The molecule has 2 heterocycles. The minimum atomic E-state index is -0.285. The van der Waals surface area contributed by atoms with Crippen LogP contribution < -0.4 is 10.6 Å². The number of carbonyl (C=O) groups excluding carboxylic acids is 1. The van der Waals surface area contributed by atoms with E-state index in [1.807, 2.05) is 37.3 Å². The van der Waals surface area contributed by atoms with Gasteiger partial charge < -0.3 is 10.6 Å². The van der Waals surface area contributed by atoms with Gasteiger partial charge in [-0.05, 0) is 48.9 Å². The lowest BCUT2D eigenvalue weighted by Crippen LogP contribution is -2.15. The summed E-state index contributed by atoms with van der Waals surface area (Å²) < 4.78 is 0. The molecule has 3 aromatic rings. The number of amides is 1. The monoisotopic (exact) mass is 352 g/mol. The summed E-state index contributed by atoms with van der Waals surface area (Å²) in [4.78, 5) is 20.8. The van der Waals surface area contributed by atoms with Gasteiger partial charge in [-0.3, -0.25) is 14.8 Å². The molecular weight excluding hydrogens is 336 g/mol. The van der Waals surface area contributed by atoms with Crippen LogP contribution in [0.15, 0.2) is 60.9 Å². The van der Waals surface area contributed by atoms with E-state index in [0.717, 1.165) is 16.9 Å². The summed E-state index contributed by atoms with van der Waals surface area (Å²) in [7, 11) is 0. The third kappa shape index (κ3) is 4.33. The normalized spacial score (nSPS) is 10.3. The number of hydrogen-bond donors (Lipinski definition) is 2. The smallest absolute Gasteiger partial charge is 0.274 e. The summed E-state index contributed by atoms with van der Waals surface area (Å²) >= 11 is 6.09. The SMILES string of the molecule is Cc1c(Cl)cccc1NC(=O)c1cc(NCc2ccccn2)ccn1. The Morgan fingerprint density at radius 1 is 1.08 bits per heavy atom. The van der Waals surface area contributed by atoms with Crippen molar-refractivity contribution in [2.24, 2.45) is 0 Å². The fourth-order valence-corrected chi connectivity index (χ4v) is 2.46. The molecule has 0 saturated carbocycles. The molecule has 5 nitrogen and oxygen atoms in total. The van der Waals surface area contributed by atoms with Gasteiger partial charge in [-0.25, -0.2) is 0 Å². The number of benzene rings is 1. The molecule has 3 rings (SSSR count). The largest absolute Gasteiger partial charge is 0.379 e. The molecule has 0 spiro atoms. The zero-order chi connectivity index (χ0) is 17.6. The molecule has 1 aromatic carbocycles. The van der Waals surface area contributed by atoms with Crippen LogP contribution in [0.4, 0.5) is 11.4 Å². The van der Waals surface area contributed by atoms with Crippen LogP contribution in [0.3, 0.4) is 0 Å². The van der Waals surface area contributed by atoms with Gasteiger partial charge in [-0.15, -0.1) is 0 Å². The van der Waals surface area contributed by atoms with Crippen molar-refractivity contribution in [3.63, 3.8) is 0 Å². The number of anilines is 2. The van der Waals surface area contributed by atoms with Gasteiger partial charge in [0, 0.05) is 28.8 Å². The van der Waals surface area contributed by atoms with Crippen LogP contribution >= 0.6 is 11.6 Å². The van der Waals surface area contributed by atoms with Crippen LogP contribution in [0.25, 0.3) is 0 Å². The van der Waals surface area contributed by atoms with Crippen molar-refractivity contribution in [2.75, 3.05) is 10.6 Å². The zero-order valence-electron chi connectivity index (χ0n) is 13.7. The first-order valence-electron chi connectivity index (χ1n) is 7.80. The van der Waals surface area contributed by atoms with E-state index in [1.54, 1.807) is 30.6 Å². The molecule has 126 valence electrons. The highest BCUT2D eigenvalue weighted by Crippen LogP contribution is 2.23. The quantitative estimate of drug-likeness (QED) is 0.718. The lowest BCUT2D eigenvalue weighted by molar-refractivity contribution is 0.102. The molecule has 0 atom stereocenters. The Kier molecular flexibility index (Phi) is 5.26. The van der Waals surface area contributed by atoms with E-state index in [0.29, 0.717) is 22.9 Å². The Balaban J connectivity index is 1.70. The molecule has 0 unspecified atom stereocenters. The minimum Gasteiger partial charge on any atom is -0.379 e. The van der Waals surface area contributed by atoms with Gasteiger partial charge in [0.2, 0.25) is 0 Å². The topological polar surface area (TPSA) is 66.9 Å². The van der Waals surface area contributed by atoms with Crippen molar-refractivity contribution in [3.05, 3.63) is 82.9 Å². The molecule has 6 heteroatoms. The molecule has 0 aliphatic heterocycles. The lowest BCUT2D eigenvalue weighted by atomic mass is 10.2. The molecule has 0 saturated heterocycles. The molecule has 0 fully saturated rings. The van der Waals surface area contributed by atoms with Gasteiger partial charge in [-0.2, -0.15) is 0 Å². The molecule has 0 bridgehead atoms. The number of rotatable bonds is 5. The summed E-state index contributed by atoms with van der Waals surface area (Å²) in [6.07, 6.45) is 3.34. The molecule has 0 aliphatic rings. The van der Waals surface area contributed by atoms with E-state index in [4.69, 9.17) is 11.6 Å². The summed E-state index contributed by atoms with van der Waals surface area (Å²) in [5.41, 5.74) is 3.53. The van der Waals surface area contributed by atoms with Crippen LogP contribution in [-0.4, -0.2) is 15.9 Å². The number of aromatic nitrogens is 2. The number of pyridine rings is 2. The van der Waals surface area contributed by atoms with Crippen LogP contribution in [0.2, 0.25) is 5.02 Å². The van der Waals surface area contributed by atoms with Crippen LogP contribution in [0.5, 0.6) is 0 Å². The molecule has 2 aromatic heterocycles. The standard InChI is InChI=1S/C19H17ClN4O/c1-13-16(20)6-4-7-17(13)24-19(25)18-11-14(8-10-22-18)23-12-15-5-2-3-9-21-15/h2-11H,12H2,1H3,(H,22,23)(H,24,25). The molecule has 25 heavy (non-hydrogen) atoms. The first-order valence-corrected chi connectivity index (χ1v) is 8.17. The third-order valence-electron chi connectivity index (χ3n) is 3.71. The molecular formula is C19H17ClN4O. The van der Waals surface area contributed by atoms with E-state index < -0.39 is 0 Å². The van der Waals surface area contributed by atoms with Gasteiger partial charge in [0.15, 0.2) is 0 Å². The highest BCUT2D eigenvalue weighted by atomic mass is 35.5. The van der Waals surface area contributed by atoms with E-state index in [-0.39, 0.29) is 5.91 Å². The molecule has 0 radical (unpaired) electrons. The van der Waals surface area contributed by atoms with Gasteiger partial charge >= 0.3 is 0 Å². The third-order valence-corrected chi connectivity index (χ3v) is 4.12. The van der Waals surface area contributed by atoms with Crippen LogP contribution in [0.1, 0.15) is 21.7 Å². The Labute approximate surface area is 151 Å². The predicted molar refractivity (Wildman–Crippen MR) is 99.9 cm³/mol. The Morgan fingerprint density at radius 3 is 2.76 bits per heavy atom. The van der Waals surface area contributed by atoms with Crippen molar-refractivity contribution < 1.29 is 4.79 Å². The average Bonchev–Trinajstić information content (AvgIpc) is 2.65. The van der Waals surface area contributed by atoms with Gasteiger partial charge in [0.25, 0.3) is 5.91 Å². The second-order valence-corrected chi connectivity index (χ2v) is 5.88. The summed E-state index contributed by atoms with van der Waals surface area (Å²) in [5, 5.41) is 6.69. The number of hydrogen-bond acceptors (Lipinski definition) is 4. The first-order chi connectivity index (χ1) is 12.1. The number of carbonyl (C=O) groups is 1. The maximum atomic E-state index is 12.4. The number of nitrogens with one attached hydrogen (secondary N) is 2. The minimum absolute atomic E-state index is 0.285. The van der Waals surface area contributed by atoms with Gasteiger partial charge in [0.05, 0.1) is 12.2 Å². The maximum absolute atomic E-state index is 12.4. The molecule has 1 amide bonds. The van der Waals surface area contributed by atoms with Crippen molar-refractivity contribution in [1.29, 1.82) is 0 Å². The highest BCUT2D eigenvalue weighted by Gasteiger charge is 2.11. The Hall–Kier alpha value is -2.92. The number of halogens is 1. The van der Waals surface area contributed by atoms with Gasteiger partial charge in [-0.1, -0.05) is 23.7 Å². The van der Waals surface area contributed by atoms with E-state index >= 15 is 0 Å². The predicted octanol–water partition coefficient (Wildman–Crippen LogP) is 4.30. The molecule has 2 N–H and O–H groups in total. The first kappa shape index (κ1) is 16.9. The maximum Gasteiger partial charge on any atom is 0.274 e. The summed E-state index contributed by atoms with van der Waals surface area (Å²) in [6, 6.07) is 14.6. The summed E-state index contributed by atoms with van der Waals surface area (Å²) in [5.74, 6) is -0.285. The van der Waals surface area contributed by atoms with Crippen LogP contribution in [-0.2, 0) is 6.54 Å². The second-order valence-electron chi connectivity index (χ2n) is 5.47. The van der Waals surface area contributed by atoms with Gasteiger partial charge in [0.1, 0.15) is 5.69 Å². The van der Waals surface area contributed by atoms with Crippen molar-refractivity contribution in [3.8, 4) is 0 Å². The van der Waals surface area contributed by atoms with Crippen molar-refractivity contribution in [2.45, 2.75) is 13.5 Å².